The fraction of sp³-hybridized carbons (Fsp3) is 0.500. The first-order valence-electron chi connectivity index (χ1n) is 7.13. The van der Waals surface area contributed by atoms with E-state index in [0.717, 1.165) is 5.56 Å². The molecule has 21 heavy (non-hydrogen) atoms. The Morgan fingerprint density at radius 2 is 1.95 bits per heavy atom. The summed E-state index contributed by atoms with van der Waals surface area (Å²) >= 11 is 0. The molecular formula is C16H22N2O3. The van der Waals surface area contributed by atoms with Gasteiger partial charge in [0.2, 0.25) is 5.91 Å². The van der Waals surface area contributed by atoms with Crippen molar-refractivity contribution in [1.82, 2.24) is 4.90 Å². The van der Waals surface area contributed by atoms with Crippen molar-refractivity contribution in [2.24, 2.45) is 11.7 Å². The lowest BCUT2D eigenvalue weighted by Gasteiger charge is -2.29. The predicted octanol–water partition coefficient (Wildman–Crippen LogP) is 2.47. The number of carbonyl (C=O) groups is 2. The molecule has 1 aliphatic heterocycles. The summed E-state index contributed by atoms with van der Waals surface area (Å²) in [6.45, 7) is 5.70. The van der Waals surface area contributed by atoms with Crippen molar-refractivity contribution in [2.45, 2.75) is 38.8 Å². The molecule has 114 valence electrons. The zero-order valence-corrected chi connectivity index (χ0v) is 12.7. The van der Waals surface area contributed by atoms with Gasteiger partial charge in [-0.2, -0.15) is 0 Å². The van der Waals surface area contributed by atoms with Crippen molar-refractivity contribution >= 4 is 12.0 Å². The fourth-order valence-corrected chi connectivity index (χ4v) is 2.61. The second-order valence-corrected chi connectivity index (χ2v) is 6.30. The second-order valence-electron chi connectivity index (χ2n) is 6.30. The molecule has 2 unspecified atom stereocenters. The molecule has 1 fully saturated rings. The normalized spacial score (nSPS) is 22.5. The van der Waals surface area contributed by atoms with Crippen LogP contribution in [0.5, 0.6) is 0 Å². The largest absolute Gasteiger partial charge is 0.443 e. The molecule has 0 radical (unpaired) electrons. The summed E-state index contributed by atoms with van der Waals surface area (Å²) in [5.74, 6) is -0.305. The number of carbonyl (C=O) groups excluding carboxylic acids is 2. The van der Waals surface area contributed by atoms with Gasteiger partial charge in [-0.05, 0) is 32.9 Å². The van der Waals surface area contributed by atoms with Gasteiger partial charge >= 0.3 is 6.09 Å². The Kier molecular flexibility index (Phi) is 4.32. The van der Waals surface area contributed by atoms with Gasteiger partial charge in [-0.15, -0.1) is 0 Å². The standard InChI is InChI=1S/C16H22N2O3/c1-16(2,3)21-15(20)18-13(19)9-12(10-17)14(18)11-7-5-4-6-8-11/h4-8,12,14H,9-10,17H2,1-3H3. The quantitative estimate of drug-likeness (QED) is 0.908. The lowest BCUT2D eigenvalue weighted by atomic mass is 9.94. The molecule has 2 N–H and O–H groups in total. The van der Waals surface area contributed by atoms with Crippen molar-refractivity contribution in [2.75, 3.05) is 6.54 Å². The molecule has 2 rings (SSSR count). The van der Waals surface area contributed by atoms with Crippen LogP contribution in [0.1, 0.15) is 38.8 Å². The van der Waals surface area contributed by atoms with E-state index in [2.05, 4.69) is 0 Å². The summed E-state index contributed by atoms with van der Waals surface area (Å²) in [6.07, 6.45) is -0.327. The summed E-state index contributed by atoms with van der Waals surface area (Å²) in [7, 11) is 0. The molecule has 5 nitrogen and oxygen atoms in total. The zero-order chi connectivity index (χ0) is 15.6. The molecule has 0 bridgehead atoms. The van der Waals surface area contributed by atoms with Gasteiger partial charge in [0.1, 0.15) is 5.60 Å². The molecule has 0 saturated carbocycles. The van der Waals surface area contributed by atoms with Crippen LogP contribution in [0, 0.1) is 5.92 Å². The first kappa shape index (κ1) is 15.5. The second kappa shape index (κ2) is 5.85. The maximum Gasteiger partial charge on any atom is 0.417 e. The Bertz CT molecular complexity index is 522. The van der Waals surface area contributed by atoms with E-state index in [1.165, 1.54) is 4.90 Å². The SMILES string of the molecule is CC(C)(C)OC(=O)N1C(=O)CC(CN)C1c1ccccc1. The summed E-state index contributed by atoms with van der Waals surface area (Å²) in [5, 5.41) is 0. The molecule has 0 aromatic heterocycles. The number of ether oxygens (including phenoxy) is 1. The van der Waals surface area contributed by atoms with Crippen LogP contribution in [0.4, 0.5) is 4.79 Å². The van der Waals surface area contributed by atoms with E-state index in [-0.39, 0.29) is 24.3 Å². The van der Waals surface area contributed by atoms with Crippen molar-refractivity contribution in [1.29, 1.82) is 0 Å². The third-order valence-electron chi connectivity index (χ3n) is 3.46. The van der Waals surface area contributed by atoms with E-state index >= 15 is 0 Å². The van der Waals surface area contributed by atoms with Gasteiger partial charge in [0, 0.05) is 12.3 Å². The van der Waals surface area contributed by atoms with E-state index < -0.39 is 11.7 Å². The van der Waals surface area contributed by atoms with Gasteiger partial charge in [-0.1, -0.05) is 30.3 Å². The molecule has 1 saturated heterocycles. The topological polar surface area (TPSA) is 72.6 Å². The highest BCUT2D eigenvalue weighted by Crippen LogP contribution is 2.38. The third-order valence-corrected chi connectivity index (χ3v) is 3.46. The number of hydrogen-bond donors (Lipinski definition) is 1. The van der Waals surface area contributed by atoms with Gasteiger partial charge in [0.15, 0.2) is 0 Å². The number of benzene rings is 1. The predicted molar refractivity (Wildman–Crippen MR) is 79.4 cm³/mol. The molecule has 2 atom stereocenters. The number of likely N-dealkylation sites (tertiary alicyclic amines) is 1. The van der Waals surface area contributed by atoms with Crippen LogP contribution in [-0.2, 0) is 9.53 Å². The fourth-order valence-electron chi connectivity index (χ4n) is 2.61. The first-order chi connectivity index (χ1) is 9.83. The molecule has 5 heteroatoms. The Labute approximate surface area is 125 Å². The molecule has 1 aliphatic rings. The molecule has 0 spiro atoms. The lowest BCUT2D eigenvalue weighted by molar-refractivity contribution is -0.128. The van der Waals surface area contributed by atoms with Crippen LogP contribution in [0.15, 0.2) is 30.3 Å². The van der Waals surface area contributed by atoms with Gasteiger partial charge < -0.3 is 10.5 Å². The van der Waals surface area contributed by atoms with Crippen LogP contribution < -0.4 is 5.73 Å². The van der Waals surface area contributed by atoms with Crippen molar-refractivity contribution in [3.05, 3.63) is 35.9 Å². The van der Waals surface area contributed by atoms with Crippen LogP contribution in [0.3, 0.4) is 0 Å². The minimum atomic E-state index is -0.639. The van der Waals surface area contributed by atoms with Gasteiger partial charge in [-0.3, -0.25) is 4.79 Å². The molecule has 1 aromatic rings. The number of rotatable bonds is 2. The highest BCUT2D eigenvalue weighted by molar-refractivity contribution is 5.94. The van der Waals surface area contributed by atoms with Crippen LogP contribution in [0.25, 0.3) is 0 Å². The Hall–Kier alpha value is -1.88. The lowest BCUT2D eigenvalue weighted by Crippen LogP contribution is -2.40. The minimum Gasteiger partial charge on any atom is -0.443 e. The van der Waals surface area contributed by atoms with E-state index in [1.54, 1.807) is 20.8 Å². The Balaban J connectivity index is 2.32. The molecule has 1 heterocycles. The average molecular weight is 290 g/mol. The van der Waals surface area contributed by atoms with Crippen molar-refractivity contribution in [3.63, 3.8) is 0 Å². The number of nitrogens with zero attached hydrogens (tertiary/aromatic N) is 1. The smallest absolute Gasteiger partial charge is 0.417 e. The van der Waals surface area contributed by atoms with Gasteiger partial charge in [0.05, 0.1) is 6.04 Å². The highest BCUT2D eigenvalue weighted by atomic mass is 16.6. The number of hydrogen-bond acceptors (Lipinski definition) is 4. The molecule has 1 aromatic carbocycles. The zero-order valence-electron chi connectivity index (χ0n) is 12.7. The maximum atomic E-state index is 12.4. The monoisotopic (exact) mass is 290 g/mol. The third kappa shape index (κ3) is 3.42. The van der Waals surface area contributed by atoms with Crippen molar-refractivity contribution < 1.29 is 14.3 Å². The first-order valence-corrected chi connectivity index (χ1v) is 7.13. The molecular weight excluding hydrogens is 268 g/mol. The van der Waals surface area contributed by atoms with Crippen LogP contribution >= 0.6 is 0 Å². The summed E-state index contributed by atoms with van der Waals surface area (Å²) in [5.41, 5.74) is 6.05. The van der Waals surface area contributed by atoms with Crippen LogP contribution in [0.2, 0.25) is 0 Å². The number of amides is 2. The highest BCUT2D eigenvalue weighted by Gasteiger charge is 2.45. The van der Waals surface area contributed by atoms with E-state index in [1.807, 2.05) is 30.3 Å². The van der Waals surface area contributed by atoms with E-state index in [9.17, 15) is 9.59 Å². The Morgan fingerprint density at radius 1 is 1.33 bits per heavy atom. The van der Waals surface area contributed by atoms with Crippen molar-refractivity contribution in [3.8, 4) is 0 Å². The Morgan fingerprint density at radius 3 is 2.48 bits per heavy atom. The summed E-state index contributed by atoms with van der Waals surface area (Å²) in [4.78, 5) is 25.8. The summed E-state index contributed by atoms with van der Waals surface area (Å²) in [6, 6.07) is 9.14. The number of nitrogens with two attached hydrogens (primary N) is 1. The van der Waals surface area contributed by atoms with Crippen LogP contribution in [-0.4, -0.2) is 29.0 Å². The molecule has 0 aliphatic carbocycles. The summed E-state index contributed by atoms with van der Waals surface area (Å²) < 4.78 is 5.36. The minimum absolute atomic E-state index is 0.0765. The van der Waals surface area contributed by atoms with E-state index in [0.29, 0.717) is 6.54 Å². The van der Waals surface area contributed by atoms with E-state index in [4.69, 9.17) is 10.5 Å². The van der Waals surface area contributed by atoms with Gasteiger partial charge in [-0.25, -0.2) is 9.69 Å². The molecule has 2 amide bonds. The average Bonchev–Trinajstić information content (AvgIpc) is 2.74. The number of imide groups is 1. The maximum absolute atomic E-state index is 12.4. The van der Waals surface area contributed by atoms with Gasteiger partial charge in [0.25, 0.3) is 0 Å².